The number of hydrogen-bond acceptors (Lipinski definition) is 6. The number of carbonyl (C=O) groups excluding carboxylic acids is 1. The molecule has 0 spiro atoms. The zero-order valence-corrected chi connectivity index (χ0v) is 15.9. The quantitative estimate of drug-likeness (QED) is 0.339. The van der Waals surface area contributed by atoms with Gasteiger partial charge < -0.3 is 9.15 Å². The molecule has 0 aliphatic heterocycles. The van der Waals surface area contributed by atoms with E-state index in [1.54, 1.807) is 24.3 Å². The molecule has 0 unspecified atom stereocenters. The molecule has 5 nitrogen and oxygen atoms in total. The van der Waals surface area contributed by atoms with E-state index in [0.717, 1.165) is 10.0 Å². The topological polar surface area (TPSA) is 65.2 Å². The molecule has 0 saturated heterocycles. The third-order valence-electron chi connectivity index (χ3n) is 3.18. The highest BCUT2D eigenvalue weighted by molar-refractivity contribution is 9.10. The van der Waals surface area contributed by atoms with Crippen LogP contribution in [0.2, 0.25) is 0 Å². The van der Waals surface area contributed by atoms with Crippen LogP contribution in [0.1, 0.15) is 10.4 Å². The van der Waals surface area contributed by atoms with Crippen LogP contribution in [-0.2, 0) is 4.74 Å². The number of nitrogens with zero attached hydrogens (tertiary/aromatic N) is 2. The summed E-state index contributed by atoms with van der Waals surface area (Å²) in [6, 6.07) is 16.4. The summed E-state index contributed by atoms with van der Waals surface area (Å²) in [4.78, 5) is 11.7. The Morgan fingerprint density at radius 1 is 1.08 bits per heavy atom. The van der Waals surface area contributed by atoms with Crippen LogP contribution in [0.15, 0.2) is 68.7 Å². The van der Waals surface area contributed by atoms with Gasteiger partial charge in [-0.1, -0.05) is 57.7 Å². The lowest BCUT2D eigenvalue weighted by atomic mass is 10.2. The molecular formula is C19H13BrN2O3S. The first-order chi connectivity index (χ1) is 12.7. The van der Waals surface area contributed by atoms with E-state index in [2.05, 4.69) is 38.0 Å². The summed E-state index contributed by atoms with van der Waals surface area (Å²) < 4.78 is 11.6. The van der Waals surface area contributed by atoms with Gasteiger partial charge in [-0.2, -0.15) is 0 Å². The number of benzene rings is 2. The van der Waals surface area contributed by atoms with Crippen molar-refractivity contribution in [2.75, 3.05) is 12.4 Å². The van der Waals surface area contributed by atoms with Gasteiger partial charge in [0, 0.05) is 10.0 Å². The van der Waals surface area contributed by atoms with Gasteiger partial charge in [-0.05, 0) is 36.4 Å². The van der Waals surface area contributed by atoms with Crippen molar-refractivity contribution in [2.45, 2.75) is 5.22 Å². The zero-order chi connectivity index (χ0) is 18.2. The molecule has 1 heterocycles. The molecule has 130 valence electrons. The van der Waals surface area contributed by atoms with Crippen LogP contribution in [0.4, 0.5) is 0 Å². The van der Waals surface area contributed by atoms with E-state index >= 15 is 0 Å². The standard InChI is InChI=1S/C19H13BrN2O3S/c20-16-10-8-14(9-11-16)17-21-22-19(25-17)26-13-5-4-12-24-18(23)15-6-2-1-3-7-15/h1-3,6-11H,12-13H2. The number of carbonyl (C=O) groups is 1. The van der Waals surface area contributed by atoms with Gasteiger partial charge in [0.25, 0.3) is 5.22 Å². The minimum Gasteiger partial charge on any atom is -0.449 e. The molecule has 3 rings (SSSR count). The molecule has 0 aliphatic carbocycles. The van der Waals surface area contributed by atoms with E-state index in [1.165, 1.54) is 11.8 Å². The van der Waals surface area contributed by atoms with Crippen LogP contribution < -0.4 is 0 Å². The Balaban J connectivity index is 1.44. The van der Waals surface area contributed by atoms with Gasteiger partial charge in [0.1, 0.15) is 0 Å². The van der Waals surface area contributed by atoms with Crippen molar-refractivity contribution in [3.05, 3.63) is 64.6 Å². The van der Waals surface area contributed by atoms with Gasteiger partial charge in [-0.15, -0.1) is 10.2 Å². The highest BCUT2D eigenvalue weighted by Crippen LogP contribution is 2.24. The summed E-state index contributed by atoms with van der Waals surface area (Å²) in [5.41, 5.74) is 1.36. The lowest BCUT2D eigenvalue weighted by molar-refractivity contribution is 0.0556. The zero-order valence-electron chi connectivity index (χ0n) is 13.5. The second kappa shape index (κ2) is 9.22. The first-order valence-electron chi connectivity index (χ1n) is 7.62. The molecular weight excluding hydrogens is 416 g/mol. The van der Waals surface area contributed by atoms with Gasteiger partial charge in [0.15, 0.2) is 6.61 Å². The SMILES string of the molecule is O=C(OCC#CCSc1nnc(-c2ccc(Br)cc2)o1)c1ccccc1. The van der Waals surface area contributed by atoms with Gasteiger partial charge in [-0.3, -0.25) is 0 Å². The largest absolute Gasteiger partial charge is 0.449 e. The van der Waals surface area contributed by atoms with Crippen LogP contribution in [0.3, 0.4) is 0 Å². The minimum atomic E-state index is -0.386. The normalized spacial score (nSPS) is 10.0. The molecule has 3 aromatic rings. The maximum atomic E-state index is 11.7. The molecule has 0 atom stereocenters. The van der Waals surface area contributed by atoms with E-state index in [4.69, 9.17) is 9.15 Å². The second-order valence-electron chi connectivity index (χ2n) is 4.96. The average molecular weight is 429 g/mol. The number of ether oxygens (including phenoxy) is 1. The van der Waals surface area contributed by atoms with Gasteiger partial charge in [0.2, 0.25) is 5.89 Å². The molecule has 0 N–H and O–H groups in total. The monoisotopic (exact) mass is 428 g/mol. The molecule has 0 saturated carbocycles. The van der Waals surface area contributed by atoms with Crippen molar-refractivity contribution < 1.29 is 13.9 Å². The number of hydrogen-bond donors (Lipinski definition) is 0. The van der Waals surface area contributed by atoms with E-state index < -0.39 is 0 Å². The second-order valence-corrected chi connectivity index (χ2v) is 6.81. The summed E-state index contributed by atoms with van der Waals surface area (Å²) in [7, 11) is 0. The molecule has 0 amide bonds. The van der Waals surface area contributed by atoms with Crippen molar-refractivity contribution in [3.8, 4) is 23.3 Å². The predicted octanol–water partition coefficient (Wildman–Crippen LogP) is 4.45. The first-order valence-corrected chi connectivity index (χ1v) is 9.40. The molecule has 1 aromatic heterocycles. The molecule has 0 aliphatic rings. The summed E-state index contributed by atoms with van der Waals surface area (Å²) in [5, 5.41) is 8.44. The predicted molar refractivity (Wildman–Crippen MR) is 103 cm³/mol. The fraction of sp³-hybridized carbons (Fsp3) is 0.105. The first kappa shape index (κ1) is 18.2. The highest BCUT2D eigenvalue weighted by Gasteiger charge is 2.08. The van der Waals surface area contributed by atoms with E-state index in [1.807, 2.05) is 30.3 Å². The minimum absolute atomic E-state index is 0.0439. The number of thioether (sulfide) groups is 1. The van der Waals surface area contributed by atoms with Crippen molar-refractivity contribution in [1.82, 2.24) is 10.2 Å². The van der Waals surface area contributed by atoms with Crippen LogP contribution in [-0.4, -0.2) is 28.5 Å². The van der Waals surface area contributed by atoms with E-state index in [9.17, 15) is 4.79 Å². The van der Waals surface area contributed by atoms with Crippen molar-refractivity contribution in [3.63, 3.8) is 0 Å². The van der Waals surface area contributed by atoms with Crippen LogP contribution >= 0.6 is 27.7 Å². The maximum Gasteiger partial charge on any atom is 0.339 e. The highest BCUT2D eigenvalue weighted by atomic mass is 79.9. The summed E-state index contributed by atoms with van der Waals surface area (Å²) >= 11 is 4.71. The third kappa shape index (κ3) is 5.22. The van der Waals surface area contributed by atoms with Gasteiger partial charge in [-0.25, -0.2) is 4.79 Å². The number of rotatable bonds is 5. The number of esters is 1. The third-order valence-corrected chi connectivity index (χ3v) is 4.40. The maximum absolute atomic E-state index is 11.7. The van der Waals surface area contributed by atoms with Crippen LogP contribution in [0.5, 0.6) is 0 Å². The van der Waals surface area contributed by atoms with Crippen molar-refractivity contribution in [2.24, 2.45) is 0 Å². The molecule has 2 aromatic carbocycles. The van der Waals surface area contributed by atoms with Gasteiger partial charge in [0.05, 0.1) is 11.3 Å². The Labute approximate surface area is 163 Å². The van der Waals surface area contributed by atoms with E-state index in [-0.39, 0.29) is 12.6 Å². The molecule has 26 heavy (non-hydrogen) atoms. The Kier molecular flexibility index (Phi) is 6.47. The molecule has 0 bridgehead atoms. The van der Waals surface area contributed by atoms with Crippen molar-refractivity contribution in [1.29, 1.82) is 0 Å². The Bertz CT molecular complexity index is 931. The van der Waals surface area contributed by atoms with Crippen LogP contribution in [0, 0.1) is 11.8 Å². The summed E-state index contributed by atoms with van der Waals surface area (Å²) in [5.74, 6) is 6.23. The average Bonchev–Trinajstić information content (AvgIpc) is 3.14. The number of aromatic nitrogens is 2. The van der Waals surface area contributed by atoms with E-state index in [0.29, 0.717) is 22.4 Å². The fourth-order valence-electron chi connectivity index (χ4n) is 1.94. The Hall–Kier alpha value is -2.56. The lowest BCUT2D eigenvalue weighted by Crippen LogP contribution is -2.04. The molecule has 0 fully saturated rings. The smallest absolute Gasteiger partial charge is 0.339 e. The summed E-state index contributed by atoms with van der Waals surface area (Å²) in [6.07, 6.45) is 0. The number of halogens is 1. The van der Waals surface area contributed by atoms with Gasteiger partial charge >= 0.3 is 5.97 Å². The Morgan fingerprint density at radius 3 is 2.62 bits per heavy atom. The van der Waals surface area contributed by atoms with Crippen LogP contribution in [0.25, 0.3) is 11.5 Å². The fourth-order valence-corrected chi connectivity index (χ4v) is 2.73. The lowest BCUT2D eigenvalue weighted by Gasteiger charge is -1.99. The molecule has 7 heteroatoms. The molecule has 0 radical (unpaired) electrons. The summed E-state index contributed by atoms with van der Waals surface area (Å²) in [6.45, 7) is 0.0439. The Morgan fingerprint density at radius 2 is 1.85 bits per heavy atom. The van der Waals surface area contributed by atoms with Crippen molar-refractivity contribution >= 4 is 33.7 Å².